The number of ether oxygens (including phenoxy) is 3. The molecule has 0 bridgehead atoms. The van der Waals surface area contributed by atoms with Gasteiger partial charge < -0.3 is 14.2 Å². The molecule has 0 saturated heterocycles. The molecule has 0 unspecified atom stereocenters. The summed E-state index contributed by atoms with van der Waals surface area (Å²) in [6.45, 7) is 2.27. The Hall–Kier alpha value is -2.63. The molecule has 1 aliphatic heterocycles. The Morgan fingerprint density at radius 1 is 1.14 bits per heavy atom. The molecule has 1 aromatic carbocycles. The highest BCUT2D eigenvalue weighted by Gasteiger charge is 2.37. The second-order valence-corrected chi connectivity index (χ2v) is 4.77. The van der Waals surface area contributed by atoms with Crippen LogP contribution in [0.5, 0.6) is 0 Å². The average molecular weight is 304 g/mol. The predicted molar refractivity (Wildman–Crippen MR) is 76.5 cm³/mol. The van der Waals surface area contributed by atoms with Gasteiger partial charge in [-0.2, -0.15) is 0 Å². The van der Waals surface area contributed by atoms with Gasteiger partial charge in [0.1, 0.15) is 12.4 Å². The molecular weight excluding hydrogens is 288 g/mol. The third-order valence-electron chi connectivity index (χ3n) is 2.97. The average Bonchev–Trinajstić information content (AvgIpc) is 2.48. The molecule has 1 heterocycles. The minimum Gasteiger partial charge on any atom is -0.482 e. The van der Waals surface area contributed by atoms with Gasteiger partial charge in [-0.1, -0.05) is 30.3 Å². The summed E-state index contributed by atoms with van der Waals surface area (Å²) in [5.74, 6) is -1.16. The van der Waals surface area contributed by atoms with Gasteiger partial charge in [-0.05, 0) is 0 Å². The number of benzene rings is 1. The topological polar surface area (TPSA) is 78.9 Å². The molecule has 0 aliphatic carbocycles. The molecular formula is C16H16O6. The van der Waals surface area contributed by atoms with Crippen molar-refractivity contribution >= 4 is 23.5 Å². The van der Waals surface area contributed by atoms with Crippen LogP contribution in [-0.4, -0.2) is 36.5 Å². The van der Waals surface area contributed by atoms with Crippen molar-refractivity contribution in [3.8, 4) is 0 Å². The lowest BCUT2D eigenvalue weighted by Crippen LogP contribution is -2.44. The molecule has 6 nitrogen and oxygen atoms in total. The van der Waals surface area contributed by atoms with Crippen LogP contribution in [0.1, 0.15) is 19.4 Å². The summed E-state index contributed by atoms with van der Waals surface area (Å²) in [5, 5.41) is 0. The second-order valence-electron chi connectivity index (χ2n) is 4.77. The van der Waals surface area contributed by atoms with E-state index in [1.165, 1.54) is 19.9 Å². The Balaban J connectivity index is 2.24. The molecule has 22 heavy (non-hydrogen) atoms. The molecule has 2 rings (SSSR count). The molecule has 116 valence electrons. The zero-order chi connectivity index (χ0) is 16.1. The summed E-state index contributed by atoms with van der Waals surface area (Å²) in [6, 6.07) is 9.03. The fraction of sp³-hybridized carbons (Fsp3) is 0.312. The lowest BCUT2D eigenvalue weighted by Gasteiger charge is -2.30. The zero-order valence-electron chi connectivity index (χ0n) is 12.3. The van der Waals surface area contributed by atoms with Crippen molar-refractivity contribution in [1.82, 2.24) is 0 Å². The maximum atomic E-state index is 12.2. The van der Waals surface area contributed by atoms with Crippen molar-refractivity contribution in [2.75, 3.05) is 6.61 Å². The Bertz CT molecular complexity index is 604. The fourth-order valence-corrected chi connectivity index (χ4v) is 2.04. The van der Waals surface area contributed by atoms with E-state index in [-0.39, 0.29) is 6.61 Å². The Labute approximate surface area is 127 Å². The van der Waals surface area contributed by atoms with Crippen LogP contribution in [0.4, 0.5) is 0 Å². The van der Waals surface area contributed by atoms with Gasteiger partial charge in [0.25, 0.3) is 0 Å². The lowest BCUT2D eigenvalue weighted by atomic mass is 10.0. The summed E-state index contributed by atoms with van der Waals surface area (Å²) in [7, 11) is 0. The monoisotopic (exact) mass is 304 g/mol. The van der Waals surface area contributed by atoms with E-state index in [0.717, 1.165) is 0 Å². The number of hydrogen-bond acceptors (Lipinski definition) is 6. The summed E-state index contributed by atoms with van der Waals surface area (Å²) in [5.41, 5.74) is 0.713. The molecule has 0 spiro atoms. The van der Waals surface area contributed by atoms with Gasteiger partial charge in [0.05, 0.1) is 0 Å². The van der Waals surface area contributed by atoms with Crippen molar-refractivity contribution in [3.63, 3.8) is 0 Å². The van der Waals surface area contributed by atoms with E-state index in [0.29, 0.717) is 11.3 Å². The second kappa shape index (κ2) is 6.89. The van der Waals surface area contributed by atoms with Crippen molar-refractivity contribution in [3.05, 3.63) is 42.0 Å². The molecule has 0 amide bonds. The third-order valence-corrected chi connectivity index (χ3v) is 2.97. The summed E-state index contributed by atoms with van der Waals surface area (Å²) >= 11 is 0. The van der Waals surface area contributed by atoms with Gasteiger partial charge in [0.15, 0.2) is 6.10 Å². The molecule has 0 fully saturated rings. The first kappa shape index (κ1) is 15.8. The SMILES string of the molecule is CC(=O)OC[C@H]1OC(c2ccccc2)=CC(=O)[C@H]1OC(C)=O. The van der Waals surface area contributed by atoms with Gasteiger partial charge in [-0.15, -0.1) is 0 Å². The first-order chi connectivity index (χ1) is 10.5. The normalized spacial score (nSPS) is 20.6. The standard InChI is InChI=1S/C16H16O6/c1-10(17)20-9-15-16(21-11(2)18)13(19)8-14(22-15)12-6-4-3-5-7-12/h3-8,15-16H,9H2,1-2H3/t15-,16-/m1/s1. The summed E-state index contributed by atoms with van der Waals surface area (Å²) < 4.78 is 15.6. The highest BCUT2D eigenvalue weighted by molar-refractivity contribution is 6.01. The van der Waals surface area contributed by atoms with E-state index >= 15 is 0 Å². The van der Waals surface area contributed by atoms with Crippen molar-refractivity contribution in [2.45, 2.75) is 26.1 Å². The number of ketones is 1. The molecule has 0 radical (unpaired) electrons. The van der Waals surface area contributed by atoms with E-state index in [1.807, 2.05) is 18.2 Å². The molecule has 2 atom stereocenters. The third kappa shape index (κ3) is 3.94. The van der Waals surface area contributed by atoms with Gasteiger partial charge in [0.2, 0.25) is 11.9 Å². The van der Waals surface area contributed by atoms with Gasteiger partial charge in [-0.3, -0.25) is 14.4 Å². The zero-order valence-corrected chi connectivity index (χ0v) is 12.3. The van der Waals surface area contributed by atoms with Crippen LogP contribution < -0.4 is 0 Å². The van der Waals surface area contributed by atoms with Crippen LogP contribution in [0.3, 0.4) is 0 Å². The summed E-state index contributed by atoms with van der Waals surface area (Å²) in [6.07, 6.45) is -0.711. The number of hydrogen-bond donors (Lipinski definition) is 0. The van der Waals surface area contributed by atoms with Crippen LogP contribution in [0, 0.1) is 0 Å². The number of rotatable bonds is 4. The van der Waals surface area contributed by atoms with E-state index < -0.39 is 29.9 Å². The maximum absolute atomic E-state index is 12.2. The van der Waals surface area contributed by atoms with E-state index in [2.05, 4.69) is 0 Å². The van der Waals surface area contributed by atoms with Crippen LogP contribution in [0.15, 0.2) is 36.4 Å². The number of carbonyl (C=O) groups excluding carboxylic acids is 3. The van der Waals surface area contributed by atoms with Gasteiger partial charge in [0, 0.05) is 25.5 Å². The lowest BCUT2D eigenvalue weighted by molar-refractivity contribution is -0.164. The molecule has 6 heteroatoms. The minimum absolute atomic E-state index is 0.177. The van der Waals surface area contributed by atoms with Crippen LogP contribution in [0.25, 0.3) is 5.76 Å². The van der Waals surface area contributed by atoms with E-state index in [1.54, 1.807) is 12.1 Å². The fourth-order valence-electron chi connectivity index (χ4n) is 2.04. The van der Waals surface area contributed by atoms with Crippen LogP contribution >= 0.6 is 0 Å². The number of carbonyl (C=O) groups is 3. The summed E-state index contributed by atoms with van der Waals surface area (Å²) in [4.78, 5) is 34.3. The first-order valence-corrected chi connectivity index (χ1v) is 6.75. The van der Waals surface area contributed by atoms with Crippen LogP contribution in [0.2, 0.25) is 0 Å². The van der Waals surface area contributed by atoms with Gasteiger partial charge >= 0.3 is 11.9 Å². The first-order valence-electron chi connectivity index (χ1n) is 6.75. The Morgan fingerprint density at radius 2 is 1.82 bits per heavy atom. The highest BCUT2D eigenvalue weighted by atomic mass is 16.6. The number of esters is 2. The highest BCUT2D eigenvalue weighted by Crippen LogP contribution is 2.25. The molecule has 0 aromatic heterocycles. The van der Waals surface area contributed by atoms with Crippen molar-refractivity contribution < 1.29 is 28.6 Å². The van der Waals surface area contributed by atoms with E-state index in [4.69, 9.17) is 14.2 Å². The quantitative estimate of drug-likeness (QED) is 0.784. The minimum atomic E-state index is -1.12. The largest absolute Gasteiger partial charge is 0.482 e. The van der Waals surface area contributed by atoms with E-state index in [9.17, 15) is 14.4 Å². The molecule has 1 aromatic rings. The Kier molecular flexibility index (Phi) is 4.93. The smallest absolute Gasteiger partial charge is 0.303 e. The molecule has 0 saturated carbocycles. The predicted octanol–water partition coefficient (Wildman–Crippen LogP) is 1.49. The molecule has 1 aliphatic rings. The molecule has 0 N–H and O–H groups in total. The van der Waals surface area contributed by atoms with Gasteiger partial charge in [-0.25, -0.2) is 0 Å². The Morgan fingerprint density at radius 3 is 2.41 bits per heavy atom. The van der Waals surface area contributed by atoms with Crippen LogP contribution in [-0.2, 0) is 28.6 Å². The van der Waals surface area contributed by atoms with Crippen molar-refractivity contribution in [1.29, 1.82) is 0 Å². The maximum Gasteiger partial charge on any atom is 0.303 e. The van der Waals surface area contributed by atoms with Crippen molar-refractivity contribution in [2.24, 2.45) is 0 Å².